The summed E-state index contributed by atoms with van der Waals surface area (Å²) in [5.74, 6) is 0.232. The van der Waals surface area contributed by atoms with Crippen molar-refractivity contribution in [2.24, 2.45) is 0 Å². The molecule has 1 amide bonds. The largest absolute Gasteiger partial charge is 0.392 e. The van der Waals surface area contributed by atoms with Crippen molar-refractivity contribution in [1.82, 2.24) is 4.90 Å². The summed E-state index contributed by atoms with van der Waals surface area (Å²) in [4.78, 5) is 13.1. The minimum Gasteiger partial charge on any atom is -0.392 e. The number of hydrogen-bond donors (Lipinski definition) is 1. The number of aliphatic hydroxyl groups is 1. The zero-order valence-corrected chi connectivity index (χ0v) is 7.05. The topological polar surface area (TPSA) is 40.5 Å². The molecule has 1 saturated heterocycles. The van der Waals surface area contributed by atoms with Crippen LogP contribution in [-0.4, -0.2) is 29.1 Å². The van der Waals surface area contributed by atoms with Gasteiger partial charge in [-0.05, 0) is 24.8 Å². The molecule has 0 aromatic heterocycles. The molecule has 0 atom stereocenters. The summed E-state index contributed by atoms with van der Waals surface area (Å²) in [6, 6.07) is 0. The van der Waals surface area contributed by atoms with Gasteiger partial charge in [-0.1, -0.05) is 0 Å². The van der Waals surface area contributed by atoms with E-state index < -0.39 is 0 Å². The molecule has 0 bridgehead atoms. The lowest BCUT2D eigenvalue weighted by Gasteiger charge is -2.25. The third-order valence-corrected chi connectivity index (χ3v) is 2.66. The number of aliphatic hydroxyl groups excluding tert-OH is 1. The fourth-order valence-corrected chi connectivity index (χ4v) is 2.04. The van der Waals surface area contributed by atoms with E-state index in [0.29, 0.717) is 6.42 Å². The highest BCUT2D eigenvalue weighted by Crippen LogP contribution is 2.31. The Hall–Kier alpha value is -0.830. The lowest BCUT2D eigenvalue weighted by Crippen LogP contribution is -2.29. The van der Waals surface area contributed by atoms with Gasteiger partial charge >= 0.3 is 0 Å². The minimum atomic E-state index is 0.124. The molecule has 3 nitrogen and oxygen atoms in total. The molecule has 0 saturated carbocycles. The molecule has 2 aliphatic rings. The second-order valence-electron chi connectivity index (χ2n) is 3.36. The van der Waals surface area contributed by atoms with Gasteiger partial charge in [-0.2, -0.15) is 0 Å². The van der Waals surface area contributed by atoms with Crippen LogP contribution in [0.25, 0.3) is 0 Å². The van der Waals surface area contributed by atoms with E-state index in [9.17, 15) is 4.79 Å². The van der Waals surface area contributed by atoms with Crippen LogP contribution in [0.1, 0.15) is 25.7 Å². The monoisotopic (exact) mass is 167 g/mol. The molecule has 1 fully saturated rings. The first-order valence-electron chi connectivity index (χ1n) is 4.45. The third kappa shape index (κ3) is 1.05. The van der Waals surface area contributed by atoms with Crippen LogP contribution in [0, 0.1) is 0 Å². The maximum Gasteiger partial charge on any atom is 0.227 e. The molecule has 0 radical (unpaired) electrons. The summed E-state index contributed by atoms with van der Waals surface area (Å²) < 4.78 is 0. The number of rotatable bonds is 1. The van der Waals surface area contributed by atoms with Crippen LogP contribution in [0.2, 0.25) is 0 Å². The first kappa shape index (κ1) is 7.80. The highest BCUT2D eigenvalue weighted by atomic mass is 16.3. The summed E-state index contributed by atoms with van der Waals surface area (Å²) in [7, 11) is 0. The Bertz CT molecular complexity index is 245. The summed E-state index contributed by atoms with van der Waals surface area (Å²) in [6.45, 7) is 0.983. The van der Waals surface area contributed by atoms with Crippen molar-refractivity contribution < 1.29 is 9.90 Å². The molecule has 2 aliphatic heterocycles. The summed E-state index contributed by atoms with van der Waals surface area (Å²) in [6.07, 6.45) is 3.45. The van der Waals surface area contributed by atoms with Gasteiger partial charge in [-0.3, -0.25) is 4.79 Å². The van der Waals surface area contributed by atoms with Crippen molar-refractivity contribution >= 4 is 5.91 Å². The van der Waals surface area contributed by atoms with E-state index in [2.05, 4.69) is 0 Å². The highest BCUT2D eigenvalue weighted by molar-refractivity contribution is 5.81. The van der Waals surface area contributed by atoms with Crippen LogP contribution in [0.15, 0.2) is 11.3 Å². The number of allylic oxidation sites excluding steroid dienone is 1. The van der Waals surface area contributed by atoms with Crippen molar-refractivity contribution in [2.45, 2.75) is 25.7 Å². The van der Waals surface area contributed by atoms with Gasteiger partial charge in [0, 0.05) is 18.7 Å². The summed E-state index contributed by atoms with van der Waals surface area (Å²) in [5, 5.41) is 9.03. The standard InChI is InChI=1S/C9H13NO2/c11-6-7-2-1-5-10-8(7)3-4-9(10)12/h11H,1-6H2. The van der Waals surface area contributed by atoms with Crippen LogP contribution in [0.3, 0.4) is 0 Å². The van der Waals surface area contributed by atoms with Crippen LogP contribution in [0.4, 0.5) is 0 Å². The number of carbonyl (C=O) groups is 1. The smallest absolute Gasteiger partial charge is 0.227 e. The molecule has 0 spiro atoms. The fourth-order valence-electron chi connectivity index (χ4n) is 2.04. The maximum atomic E-state index is 11.3. The molecular weight excluding hydrogens is 154 g/mol. The van der Waals surface area contributed by atoms with E-state index in [1.807, 2.05) is 4.90 Å². The molecule has 0 aliphatic carbocycles. The van der Waals surface area contributed by atoms with E-state index in [1.54, 1.807) is 0 Å². The van der Waals surface area contributed by atoms with Crippen LogP contribution >= 0.6 is 0 Å². The van der Waals surface area contributed by atoms with Gasteiger partial charge in [0.15, 0.2) is 0 Å². The van der Waals surface area contributed by atoms with Crippen molar-refractivity contribution in [3.63, 3.8) is 0 Å². The van der Waals surface area contributed by atoms with E-state index >= 15 is 0 Å². The first-order valence-corrected chi connectivity index (χ1v) is 4.45. The number of fused-ring (bicyclic) bond motifs is 1. The predicted molar refractivity (Wildman–Crippen MR) is 44.3 cm³/mol. The van der Waals surface area contributed by atoms with Crippen molar-refractivity contribution in [3.8, 4) is 0 Å². The Balaban J connectivity index is 2.31. The van der Waals surface area contributed by atoms with Crippen LogP contribution in [0.5, 0.6) is 0 Å². The van der Waals surface area contributed by atoms with Gasteiger partial charge in [0.05, 0.1) is 6.61 Å². The lowest BCUT2D eigenvalue weighted by atomic mass is 10.0. The molecule has 0 unspecified atom stereocenters. The van der Waals surface area contributed by atoms with Gasteiger partial charge < -0.3 is 10.0 Å². The van der Waals surface area contributed by atoms with Crippen molar-refractivity contribution in [1.29, 1.82) is 0 Å². The molecular formula is C9H13NO2. The first-order chi connectivity index (χ1) is 5.83. The Morgan fingerprint density at radius 1 is 1.33 bits per heavy atom. The maximum absolute atomic E-state index is 11.3. The quantitative estimate of drug-likeness (QED) is 0.623. The van der Waals surface area contributed by atoms with Gasteiger partial charge in [-0.25, -0.2) is 0 Å². The summed E-state index contributed by atoms with van der Waals surface area (Å²) >= 11 is 0. The van der Waals surface area contributed by atoms with Gasteiger partial charge in [0.1, 0.15) is 0 Å². The number of nitrogens with zero attached hydrogens (tertiary/aromatic N) is 1. The van der Waals surface area contributed by atoms with E-state index in [0.717, 1.165) is 37.1 Å². The van der Waals surface area contributed by atoms with Gasteiger partial charge in [0.2, 0.25) is 5.91 Å². The second-order valence-corrected chi connectivity index (χ2v) is 3.36. The second kappa shape index (κ2) is 2.90. The zero-order chi connectivity index (χ0) is 8.55. The SMILES string of the molecule is O=C1CCC2=C(CO)CCCN12. The average molecular weight is 167 g/mol. The Morgan fingerprint density at radius 3 is 2.92 bits per heavy atom. The highest BCUT2D eigenvalue weighted by Gasteiger charge is 2.29. The Labute approximate surface area is 71.7 Å². The molecule has 12 heavy (non-hydrogen) atoms. The van der Waals surface area contributed by atoms with Crippen LogP contribution in [-0.2, 0) is 4.79 Å². The Morgan fingerprint density at radius 2 is 2.17 bits per heavy atom. The molecule has 2 rings (SSSR count). The van der Waals surface area contributed by atoms with Gasteiger partial charge in [-0.15, -0.1) is 0 Å². The van der Waals surface area contributed by atoms with E-state index in [-0.39, 0.29) is 12.5 Å². The Kier molecular flexibility index (Phi) is 1.89. The third-order valence-electron chi connectivity index (χ3n) is 2.66. The lowest BCUT2D eigenvalue weighted by molar-refractivity contribution is -0.126. The molecule has 2 heterocycles. The molecule has 66 valence electrons. The minimum absolute atomic E-state index is 0.124. The van der Waals surface area contributed by atoms with Gasteiger partial charge in [0.25, 0.3) is 0 Å². The summed E-state index contributed by atoms with van der Waals surface area (Å²) in [5.41, 5.74) is 2.18. The number of carbonyl (C=O) groups excluding carboxylic acids is 1. The molecule has 1 N–H and O–H groups in total. The van der Waals surface area contributed by atoms with E-state index in [1.165, 1.54) is 0 Å². The van der Waals surface area contributed by atoms with Crippen LogP contribution < -0.4 is 0 Å². The number of amides is 1. The van der Waals surface area contributed by atoms with E-state index in [4.69, 9.17) is 5.11 Å². The normalized spacial score (nSPS) is 23.4. The van der Waals surface area contributed by atoms with Crippen molar-refractivity contribution in [2.75, 3.05) is 13.2 Å². The average Bonchev–Trinajstić information content (AvgIpc) is 2.48. The van der Waals surface area contributed by atoms with Crippen molar-refractivity contribution in [3.05, 3.63) is 11.3 Å². The fraction of sp³-hybridized carbons (Fsp3) is 0.667. The predicted octanol–water partition coefficient (Wildman–Crippen LogP) is 0.649. The molecule has 0 aromatic carbocycles. The molecule has 3 heteroatoms. The molecule has 0 aromatic rings. The number of hydrogen-bond acceptors (Lipinski definition) is 2. The zero-order valence-electron chi connectivity index (χ0n) is 7.05.